The number of hydrogen-bond donors (Lipinski definition) is 2. The molecule has 0 unspecified atom stereocenters. The summed E-state index contributed by atoms with van der Waals surface area (Å²) in [5.74, 6) is 0.476. The highest BCUT2D eigenvalue weighted by Crippen LogP contribution is 2.32. The van der Waals surface area contributed by atoms with Crippen molar-refractivity contribution in [1.82, 2.24) is 5.32 Å². The Morgan fingerprint density at radius 1 is 1.14 bits per heavy atom. The van der Waals surface area contributed by atoms with Crippen LogP contribution >= 0.6 is 0 Å². The van der Waals surface area contributed by atoms with Crippen LogP contribution in [0.4, 0.5) is 5.69 Å². The zero-order chi connectivity index (χ0) is 15.5. The van der Waals surface area contributed by atoms with Crippen LogP contribution in [0.15, 0.2) is 47.1 Å². The Kier molecular flexibility index (Phi) is 3.96. The number of anilines is 1. The molecule has 0 radical (unpaired) electrons. The molecule has 1 aromatic heterocycles. The first-order chi connectivity index (χ1) is 10.6. The van der Waals surface area contributed by atoms with E-state index in [2.05, 4.69) is 10.6 Å². The number of nitrogens with one attached hydrogen (secondary N) is 2. The van der Waals surface area contributed by atoms with Crippen molar-refractivity contribution in [3.05, 3.63) is 54.0 Å². The maximum Gasteiger partial charge on any atom is 0.291 e. The fraction of sp³-hybridized carbons (Fsp3) is 0.294. The van der Waals surface area contributed by atoms with E-state index in [4.69, 9.17) is 4.42 Å². The summed E-state index contributed by atoms with van der Waals surface area (Å²) in [5, 5.41) is 5.71. The van der Waals surface area contributed by atoms with Gasteiger partial charge in [0.05, 0.1) is 6.26 Å². The van der Waals surface area contributed by atoms with E-state index in [1.54, 1.807) is 36.4 Å². The smallest absolute Gasteiger partial charge is 0.291 e. The van der Waals surface area contributed by atoms with E-state index < -0.39 is 0 Å². The molecule has 3 rings (SSSR count). The fourth-order valence-electron chi connectivity index (χ4n) is 2.31. The Bertz CT molecular complexity index is 658. The van der Waals surface area contributed by atoms with E-state index in [0.29, 0.717) is 17.2 Å². The Morgan fingerprint density at radius 3 is 2.45 bits per heavy atom. The van der Waals surface area contributed by atoms with Gasteiger partial charge in [0.2, 0.25) is 0 Å². The van der Waals surface area contributed by atoms with Gasteiger partial charge < -0.3 is 15.1 Å². The summed E-state index contributed by atoms with van der Waals surface area (Å²) in [4.78, 5) is 23.9. The average Bonchev–Trinajstić information content (AvgIpc) is 3.22. The molecule has 1 atom stereocenters. The topological polar surface area (TPSA) is 71.3 Å². The molecular weight excluding hydrogens is 280 g/mol. The third kappa shape index (κ3) is 3.36. The van der Waals surface area contributed by atoms with Crippen LogP contribution in [0.25, 0.3) is 0 Å². The van der Waals surface area contributed by atoms with Crippen molar-refractivity contribution < 1.29 is 14.0 Å². The lowest BCUT2D eigenvalue weighted by Gasteiger charge is -2.13. The van der Waals surface area contributed by atoms with Gasteiger partial charge in [0.15, 0.2) is 5.76 Å². The van der Waals surface area contributed by atoms with E-state index in [1.165, 1.54) is 19.1 Å². The second-order valence-electron chi connectivity index (χ2n) is 5.61. The van der Waals surface area contributed by atoms with E-state index in [9.17, 15) is 9.59 Å². The first-order valence-corrected chi connectivity index (χ1v) is 7.39. The average molecular weight is 298 g/mol. The fourth-order valence-corrected chi connectivity index (χ4v) is 2.31. The van der Waals surface area contributed by atoms with Crippen molar-refractivity contribution in [1.29, 1.82) is 0 Å². The van der Waals surface area contributed by atoms with Crippen LogP contribution in [0.1, 0.15) is 40.7 Å². The second-order valence-corrected chi connectivity index (χ2v) is 5.61. The molecule has 0 aliphatic heterocycles. The highest BCUT2D eigenvalue weighted by molar-refractivity contribution is 6.02. The molecule has 1 heterocycles. The molecule has 1 aromatic carbocycles. The predicted molar refractivity (Wildman–Crippen MR) is 82.8 cm³/mol. The zero-order valence-electron chi connectivity index (χ0n) is 12.3. The lowest BCUT2D eigenvalue weighted by atomic mass is 10.1. The van der Waals surface area contributed by atoms with Gasteiger partial charge in [-0.1, -0.05) is 0 Å². The van der Waals surface area contributed by atoms with Crippen LogP contribution in [-0.4, -0.2) is 17.9 Å². The molecule has 1 saturated carbocycles. The van der Waals surface area contributed by atoms with E-state index in [1.807, 2.05) is 6.92 Å². The maximum atomic E-state index is 12.1. The molecule has 2 amide bonds. The molecule has 1 fully saturated rings. The van der Waals surface area contributed by atoms with Crippen molar-refractivity contribution in [3.63, 3.8) is 0 Å². The van der Waals surface area contributed by atoms with Gasteiger partial charge in [-0.25, -0.2) is 0 Å². The van der Waals surface area contributed by atoms with Crippen molar-refractivity contribution in [2.45, 2.75) is 25.8 Å². The first kappa shape index (κ1) is 14.4. The van der Waals surface area contributed by atoms with Crippen LogP contribution in [0.2, 0.25) is 0 Å². The third-order valence-corrected chi connectivity index (χ3v) is 3.84. The molecular formula is C17H18N2O3. The monoisotopic (exact) mass is 298 g/mol. The highest BCUT2D eigenvalue weighted by atomic mass is 16.3. The summed E-state index contributed by atoms with van der Waals surface area (Å²) in [5.41, 5.74) is 1.21. The largest absolute Gasteiger partial charge is 0.459 e. The van der Waals surface area contributed by atoms with Gasteiger partial charge in [0, 0.05) is 17.3 Å². The summed E-state index contributed by atoms with van der Waals surface area (Å²) in [6.07, 6.45) is 3.84. The van der Waals surface area contributed by atoms with Crippen molar-refractivity contribution in [2.75, 3.05) is 5.32 Å². The van der Waals surface area contributed by atoms with E-state index in [-0.39, 0.29) is 23.6 Å². The number of furan rings is 1. The molecule has 1 aliphatic carbocycles. The molecule has 1 aliphatic rings. The number of benzene rings is 1. The Labute approximate surface area is 128 Å². The minimum absolute atomic E-state index is 0.0803. The van der Waals surface area contributed by atoms with Gasteiger partial charge in [-0.3, -0.25) is 9.59 Å². The summed E-state index contributed by atoms with van der Waals surface area (Å²) >= 11 is 0. The SMILES string of the molecule is C[C@@H](NC(=O)c1ccc(NC(=O)c2ccco2)cc1)C1CC1. The summed E-state index contributed by atoms with van der Waals surface area (Å²) in [7, 11) is 0. The Balaban J connectivity index is 1.59. The number of amides is 2. The molecule has 22 heavy (non-hydrogen) atoms. The van der Waals surface area contributed by atoms with Crippen LogP contribution in [-0.2, 0) is 0 Å². The van der Waals surface area contributed by atoms with Gasteiger partial charge in [0.1, 0.15) is 0 Å². The molecule has 5 heteroatoms. The highest BCUT2D eigenvalue weighted by Gasteiger charge is 2.29. The quantitative estimate of drug-likeness (QED) is 0.891. The van der Waals surface area contributed by atoms with Crippen molar-refractivity contribution in [3.8, 4) is 0 Å². The summed E-state index contributed by atoms with van der Waals surface area (Å²) in [6.45, 7) is 2.04. The maximum absolute atomic E-state index is 12.1. The zero-order valence-corrected chi connectivity index (χ0v) is 12.3. The van der Waals surface area contributed by atoms with Crippen LogP contribution in [0.3, 0.4) is 0 Å². The van der Waals surface area contributed by atoms with Crippen LogP contribution < -0.4 is 10.6 Å². The minimum atomic E-state index is -0.315. The second kappa shape index (κ2) is 6.05. The van der Waals surface area contributed by atoms with Crippen LogP contribution in [0.5, 0.6) is 0 Å². The predicted octanol–water partition coefficient (Wildman–Crippen LogP) is 3.06. The molecule has 114 valence electrons. The Hall–Kier alpha value is -2.56. The molecule has 2 aromatic rings. The third-order valence-electron chi connectivity index (χ3n) is 3.84. The Morgan fingerprint density at radius 2 is 1.86 bits per heavy atom. The first-order valence-electron chi connectivity index (χ1n) is 7.39. The van der Waals surface area contributed by atoms with Gasteiger partial charge in [-0.05, 0) is 62.1 Å². The normalized spacial score (nSPS) is 15.1. The van der Waals surface area contributed by atoms with Gasteiger partial charge in [0.25, 0.3) is 11.8 Å². The standard InChI is InChI=1S/C17H18N2O3/c1-11(12-4-5-12)18-16(20)13-6-8-14(9-7-13)19-17(21)15-3-2-10-22-15/h2-3,6-12H,4-5H2,1H3,(H,18,20)(H,19,21)/t11-/m1/s1. The minimum Gasteiger partial charge on any atom is -0.459 e. The number of carbonyl (C=O) groups excluding carboxylic acids is 2. The van der Waals surface area contributed by atoms with E-state index in [0.717, 1.165) is 0 Å². The van der Waals surface area contributed by atoms with Gasteiger partial charge >= 0.3 is 0 Å². The molecule has 0 spiro atoms. The lowest BCUT2D eigenvalue weighted by Crippen LogP contribution is -2.33. The van der Waals surface area contributed by atoms with Gasteiger partial charge in [-0.15, -0.1) is 0 Å². The number of hydrogen-bond acceptors (Lipinski definition) is 3. The van der Waals surface area contributed by atoms with Crippen molar-refractivity contribution in [2.24, 2.45) is 5.92 Å². The molecule has 0 saturated heterocycles. The van der Waals surface area contributed by atoms with Crippen LogP contribution in [0, 0.1) is 5.92 Å². The van der Waals surface area contributed by atoms with Gasteiger partial charge in [-0.2, -0.15) is 0 Å². The van der Waals surface area contributed by atoms with E-state index >= 15 is 0 Å². The number of carbonyl (C=O) groups is 2. The summed E-state index contributed by atoms with van der Waals surface area (Å²) < 4.78 is 5.03. The van der Waals surface area contributed by atoms with Crippen molar-refractivity contribution >= 4 is 17.5 Å². The lowest BCUT2D eigenvalue weighted by molar-refractivity contribution is 0.0935. The molecule has 2 N–H and O–H groups in total. The summed E-state index contributed by atoms with van der Waals surface area (Å²) in [6, 6.07) is 10.3. The molecule has 5 nitrogen and oxygen atoms in total. The molecule has 0 bridgehead atoms. The number of rotatable bonds is 5.